The van der Waals surface area contributed by atoms with Crippen LogP contribution in [0.4, 0.5) is 4.79 Å². The highest BCUT2D eigenvalue weighted by atomic mass is 16.5. The number of nitrogens with one attached hydrogen (secondary N) is 1. The third kappa shape index (κ3) is 6.97. The molecule has 6 nitrogen and oxygen atoms in total. The fourth-order valence-corrected chi connectivity index (χ4v) is 1.08. The molecule has 0 radical (unpaired) electrons. The molecule has 0 heterocycles. The SMILES string of the molecule is C=CCN(CCO)CC(=O)NC(=O)OCC. The molecule has 0 aliphatic carbocycles. The van der Waals surface area contributed by atoms with Crippen molar-refractivity contribution in [3.63, 3.8) is 0 Å². The van der Waals surface area contributed by atoms with Crippen molar-refractivity contribution in [1.29, 1.82) is 0 Å². The van der Waals surface area contributed by atoms with Gasteiger partial charge in [-0.1, -0.05) is 6.08 Å². The highest BCUT2D eigenvalue weighted by molar-refractivity contribution is 5.92. The molecular formula is C10H18N2O4. The predicted molar refractivity (Wildman–Crippen MR) is 58.9 cm³/mol. The molecule has 0 aromatic carbocycles. The molecule has 2 N–H and O–H groups in total. The molecule has 0 aromatic rings. The van der Waals surface area contributed by atoms with Crippen molar-refractivity contribution in [2.75, 3.05) is 32.8 Å². The number of imide groups is 1. The molecule has 0 bridgehead atoms. The maximum Gasteiger partial charge on any atom is 0.413 e. The zero-order chi connectivity index (χ0) is 12.4. The molecule has 0 aliphatic rings. The first-order valence-electron chi connectivity index (χ1n) is 5.04. The molecule has 0 aromatic heterocycles. The highest BCUT2D eigenvalue weighted by Crippen LogP contribution is 1.88. The van der Waals surface area contributed by atoms with Gasteiger partial charge in [0.05, 0.1) is 19.8 Å². The lowest BCUT2D eigenvalue weighted by atomic mass is 10.4. The number of rotatable bonds is 7. The topological polar surface area (TPSA) is 78.9 Å². The van der Waals surface area contributed by atoms with Gasteiger partial charge in [0, 0.05) is 13.1 Å². The van der Waals surface area contributed by atoms with Crippen LogP contribution < -0.4 is 5.32 Å². The van der Waals surface area contributed by atoms with Gasteiger partial charge in [0.25, 0.3) is 0 Å². The molecule has 92 valence electrons. The molecule has 16 heavy (non-hydrogen) atoms. The molecule has 0 fully saturated rings. The lowest BCUT2D eigenvalue weighted by Crippen LogP contribution is -2.41. The van der Waals surface area contributed by atoms with E-state index in [1.165, 1.54) is 0 Å². The van der Waals surface area contributed by atoms with Crippen LogP contribution in [0.1, 0.15) is 6.92 Å². The molecule has 0 saturated carbocycles. The molecular weight excluding hydrogens is 212 g/mol. The summed E-state index contributed by atoms with van der Waals surface area (Å²) in [7, 11) is 0. The number of alkyl carbamates (subject to hydrolysis) is 1. The van der Waals surface area contributed by atoms with E-state index in [1.54, 1.807) is 17.9 Å². The van der Waals surface area contributed by atoms with Crippen molar-refractivity contribution in [2.45, 2.75) is 6.92 Å². The summed E-state index contributed by atoms with van der Waals surface area (Å²) in [6, 6.07) is 0. The van der Waals surface area contributed by atoms with Crippen LogP contribution >= 0.6 is 0 Å². The maximum absolute atomic E-state index is 11.3. The predicted octanol–water partition coefficient (Wildman–Crippen LogP) is -0.261. The zero-order valence-electron chi connectivity index (χ0n) is 9.44. The fraction of sp³-hybridized carbons (Fsp3) is 0.600. The first-order chi connectivity index (χ1) is 7.63. The third-order valence-electron chi connectivity index (χ3n) is 1.69. The Kier molecular flexibility index (Phi) is 8.10. The second-order valence-corrected chi connectivity index (χ2v) is 3.02. The number of carbonyl (C=O) groups is 2. The van der Waals surface area contributed by atoms with Gasteiger partial charge in [-0.25, -0.2) is 4.79 Å². The van der Waals surface area contributed by atoms with E-state index < -0.39 is 12.0 Å². The first-order valence-corrected chi connectivity index (χ1v) is 5.04. The Morgan fingerprint density at radius 2 is 2.25 bits per heavy atom. The van der Waals surface area contributed by atoms with Gasteiger partial charge in [0.15, 0.2) is 0 Å². The number of aliphatic hydroxyl groups excluding tert-OH is 1. The van der Waals surface area contributed by atoms with Gasteiger partial charge in [0.2, 0.25) is 5.91 Å². The largest absolute Gasteiger partial charge is 0.450 e. The lowest BCUT2D eigenvalue weighted by molar-refractivity contribution is -0.121. The summed E-state index contributed by atoms with van der Waals surface area (Å²) >= 11 is 0. The Morgan fingerprint density at radius 3 is 2.75 bits per heavy atom. The van der Waals surface area contributed by atoms with E-state index >= 15 is 0 Å². The van der Waals surface area contributed by atoms with E-state index in [0.29, 0.717) is 13.1 Å². The molecule has 0 aliphatic heterocycles. The van der Waals surface area contributed by atoms with Crippen LogP contribution in [0.3, 0.4) is 0 Å². The standard InChI is InChI=1S/C10H18N2O4/c1-3-5-12(6-7-13)8-9(14)11-10(15)16-4-2/h3,13H,1,4-8H2,2H3,(H,11,14,15). The zero-order valence-corrected chi connectivity index (χ0v) is 9.44. The summed E-state index contributed by atoms with van der Waals surface area (Å²) in [5.41, 5.74) is 0. The van der Waals surface area contributed by atoms with Crippen LogP contribution in [0.15, 0.2) is 12.7 Å². The molecule has 0 spiro atoms. The van der Waals surface area contributed by atoms with Crippen LogP contribution in [0.2, 0.25) is 0 Å². The van der Waals surface area contributed by atoms with Crippen molar-refractivity contribution in [1.82, 2.24) is 10.2 Å². The van der Waals surface area contributed by atoms with Crippen molar-refractivity contribution in [2.24, 2.45) is 0 Å². The molecule has 0 unspecified atom stereocenters. The fourth-order valence-electron chi connectivity index (χ4n) is 1.08. The second kappa shape index (κ2) is 8.87. The van der Waals surface area contributed by atoms with Crippen LogP contribution in [0.5, 0.6) is 0 Å². The Labute approximate surface area is 94.9 Å². The second-order valence-electron chi connectivity index (χ2n) is 3.02. The molecule has 0 saturated heterocycles. The van der Waals surface area contributed by atoms with Crippen molar-refractivity contribution in [3.05, 3.63) is 12.7 Å². The molecule has 0 rings (SSSR count). The van der Waals surface area contributed by atoms with Gasteiger partial charge in [-0.2, -0.15) is 0 Å². The average Bonchev–Trinajstić information content (AvgIpc) is 2.18. The van der Waals surface area contributed by atoms with Gasteiger partial charge < -0.3 is 9.84 Å². The van der Waals surface area contributed by atoms with Crippen LogP contribution in [-0.2, 0) is 9.53 Å². The normalized spacial score (nSPS) is 9.94. The van der Waals surface area contributed by atoms with Crippen molar-refractivity contribution in [3.8, 4) is 0 Å². The Morgan fingerprint density at radius 1 is 1.56 bits per heavy atom. The quantitative estimate of drug-likeness (QED) is 0.589. The highest BCUT2D eigenvalue weighted by Gasteiger charge is 2.12. The summed E-state index contributed by atoms with van der Waals surface area (Å²) in [6.07, 6.45) is 0.864. The monoisotopic (exact) mass is 230 g/mol. The van der Waals surface area contributed by atoms with E-state index in [0.717, 1.165) is 0 Å². The van der Waals surface area contributed by atoms with Crippen LogP contribution in [0, 0.1) is 0 Å². The molecule has 6 heteroatoms. The number of amides is 2. The van der Waals surface area contributed by atoms with Crippen LogP contribution in [-0.4, -0.2) is 54.9 Å². The first kappa shape index (κ1) is 14.6. The maximum atomic E-state index is 11.3. The summed E-state index contributed by atoms with van der Waals surface area (Å²) in [4.78, 5) is 23.9. The number of hydrogen-bond donors (Lipinski definition) is 2. The van der Waals surface area contributed by atoms with Crippen molar-refractivity contribution < 1.29 is 19.4 Å². The summed E-state index contributed by atoms with van der Waals surface area (Å²) < 4.78 is 4.56. The molecule has 0 atom stereocenters. The van der Waals surface area contributed by atoms with Gasteiger partial charge in [-0.3, -0.25) is 15.0 Å². The summed E-state index contributed by atoms with van der Waals surface area (Å²) in [6.45, 7) is 6.18. The smallest absolute Gasteiger partial charge is 0.413 e. The van der Waals surface area contributed by atoms with E-state index in [1.807, 2.05) is 0 Å². The minimum absolute atomic E-state index is 0.0192. The summed E-state index contributed by atoms with van der Waals surface area (Å²) in [5.74, 6) is -0.464. The molecule has 2 amide bonds. The number of ether oxygens (including phenoxy) is 1. The number of carbonyl (C=O) groups excluding carboxylic acids is 2. The minimum Gasteiger partial charge on any atom is -0.450 e. The van der Waals surface area contributed by atoms with E-state index in [9.17, 15) is 9.59 Å². The van der Waals surface area contributed by atoms with Gasteiger partial charge in [-0.05, 0) is 6.92 Å². The van der Waals surface area contributed by atoms with Crippen LogP contribution in [0.25, 0.3) is 0 Å². The Hall–Kier alpha value is -1.40. The lowest BCUT2D eigenvalue weighted by Gasteiger charge is -2.18. The van der Waals surface area contributed by atoms with E-state index in [2.05, 4.69) is 16.6 Å². The van der Waals surface area contributed by atoms with Gasteiger partial charge in [0.1, 0.15) is 0 Å². The number of aliphatic hydroxyl groups is 1. The van der Waals surface area contributed by atoms with Gasteiger partial charge in [-0.15, -0.1) is 6.58 Å². The number of nitrogens with zero attached hydrogens (tertiary/aromatic N) is 1. The van der Waals surface area contributed by atoms with E-state index in [4.69, 9.17) is 5.11 Å². The third-order valence-corrected chi connectivity index (χ3v) is 1.69. The van der Waals surface area contributed by atoms with E-state index in [-0.39, 0.29) is 19.8 Å². The van der Waals surface area contributed by atoms with Crippen molar-refractivity contribution >= 4 is 12.0 Å². The Bertz CT molecular complexity index is 243. The Balaban J connectivity index is 3.98. The number of hydrogen-bond acceptors (Lipinski definition) is 5. The minimum atomic E-state index is -0.755. The van der Waals surface area contributed by atoms with Gasteiger partial charge >= 0.3 is 6.09 Å². The average molecular weight is 230 g/mol. The summed E-state index contributed by atoms with van der Waals surface area (Å²) in [5, 5.41) is 10.8.